The van der Waals surface area contributed by atoms with Crippen LogP contribution in [0.5, 0.6) is 0 Å². The molecule has 0 bridgehead atoms. The van der Waals surface area contributed by atoms with Gasteiger partial charge < -0.3 is 5.32 Å². The third-order valence-electron chi connectivity index (χ3n) is 5.22. The predicted octanol–water partition coefficient (Wildman–Crippen LogP) is 5.03. The minimum atomic E-state index is -0.300. The van der Waals surface area contributed by atoms with Gasteiger partial charge in [0.1, 0.15) is 5.82 Å². The molecule has 0 spiro atoms. The molecule has 0 aliphatic rings. The fourth-order valence-electron chi connectivity index (χ4n) is 3.58. The minimum Gasteiger partial charge on any atom is -0.326 e. The molecule has 0 fully saturated rings. The summed E-state index contributed by atoms with van der Waals surface area (Å²) in [7, 11) is 0. The number of benzene rings is 2. The van der Waals surface area contributed by atoms with Crippen molar-refractivity contribution in [3.8, 4) is 11.3 Å². The zero-order chi connectivity index (χ0) is 21.3. The molecule has 2 heterocycles. The van der Waals surface area contributed by atoms with E-state index in [4.69, 9.17) is 0 Å². The number of carbonyl (C=O) groups is 1. The number of halogens is 1. The van der Waals surface area contributed by atoms with E-state index in [1.54, 1.807) is 10.6 Å². The first kappa shape index (κ1) is 19.8. The van der Waals surface area contributed by atoms with Gasteiger partial charge in [0, 0.05) is 35.1 Å². The van der Waals surface area contributed by atoms with Crippen molar-refractivity contribution in [2.75, 3.05) is 5.32 Å². The Morgan fingerprint density at radius 2 is 1.83 bits per heavy atom. The lowest BCUT2D eigenvalue weighted by Gasteiger charge is -2.11. The third kappa shape index (κ3) is 4.08. The van der Waals surface area contributed by atoms with E-state index in [0.29, 0.717) is 29.7 Å². The Bertz CT molecular complexity index is 1230. The van der Waals surface area contributed by atoms with Crippen LogP contribution in [0.25, 0.3) is 16.9 Å². The van der Waals surface area contributed by atoms with E-state index in [1.165, 1.54) is 12.1 Å². The molecular weight excluding hydrogens is 379 g/mol. The summed E-state index contributed by atoms with van der Waals surface area (Å²) >= 11 is 0. The van der Waals surface area contributed by atoms with Crippen molar-refractivity contribution in [3.05, 3.63) is 82.9 Å². The molecule has 4 aromatic rings. The Labute approximate surface area is 174 Å². The van der Waals surface area contributed by atoms with Crippen LogP contribution in [0, 0.1) is 26.6 Å². The summed E-state index contributed by atoms with van der Waals surface area (Å²) in [4.78, 5) is 17.0. The van der Waals surface area contributed by atoms with E-state index in [1.807, 2.05) is 57.2 Å². The van der Waals surface area contributed by atoms with E-state index in [0.717, 1.165) is 28.2 Å². The van der Waals surface area contributed by atoms with E-state index >= 15 is 0 Å². The number of rotatable bonds is 5. The smallest absolute Gasteiger partial charge is 0.224 e. The van der Waals surface area contributed by atoms with Crippen molar-refractivity contribution in [2.45, 2.75) is 33.6 Å². The lowest BCUT2D eigenvalue weighted by atomic mass is 10.1. The molecule has 30 heavy (non-hydrogen) atoms. The molecule has 0 aliphatic heterocycles. The Kier molecular flexibility index (Phi) is 5.31. The summed E-state index contributed by atoms with van der Waals surface area (Å²) in [5.74, 6) is -0.343. The highest BCUT2D eigenvalue weighted by atomic mass is 19.1. The number of aryl methyl sites for hydroxylation is 3. The summed E-state index contributed by atoms with van der Waals surface area (Å²) in [5.41, 5.74) is 6.81. The average molecular weight is 402 g/mol. The molecule has 0 aliphatic carbocycles. The van der Waals surface area contributed by atoms with E-state index < -0.39 is 0 Å². The van der Waals surface area contributed by atoms with Crippen LogP contribution in [0.15, 0.2) is 54.6 Å². The maximum absolute atomic E-state index is 13.6. The van der Waals surface area contributed by atoms with Gasteiger partial charge in [0.25, 0.3) is 0 Å². The number of nitrogens with one attached hydrogen (secondary N) is 1. The fourth-order valence-corrected chi connectivity index (χ4v) is 3.58. The Morgan fingerprint density at radius 1 is 1.07 bits per heavy atom. The molecule has 1 N–H and O–H groups in total. The maximum Gasteiger partial charge on any atom is 0.224 e. The van der Waals surface area contributed by atoms with Crippen molar-refractivity contribution >= 4 is 17.2 Å². The van der Waals surface area contributed by atoms with Gasteiger partial charge in [-0.1, -0.05) is 29.8 Å². The first-order valence-corrected chi connectivity index (χ1v) is 9.89. The zero-order valence-electron chi connectivity index (χ0n) is 17.2. The number of nitrogens with zero attached hydrogens (tertiary/aromatic N) is 3. The molecule has 6 heteroatoms. The van der Waals surface area contributed by atoms with Gasteiger partial charge in [-0.25, -0.2) is 13.9 Å². The number of carbonyl (C=O) groups excluding carboxylic acids is 1. The minimum absolute atomic E-state index is 0.0429. The van der Waals surface area contributed by atoms with Gasteiger partial charge in [-0.05, 0) is 57.0 Å². The van der Waals surface area contributed by atoms with Crippen LogP contribution < -0.4 is 5.32 Å². The topological polar surface area (TPSA) is 59.3 Å². The zero-order valence-corrected chi connectivity index (χ0v) is 17.2. The maximum atomic E-state index is 13.6. The first-order valence-electron chi connectivity index (χ1n) is 9.89. The lowest BCUT2D eigenvalue weighted by Crippen LogP contribution is -2.14. The molecular formula is C24H23FN4O. The van der Waals surface area contributed by atoms with Crippen molar-refractivity contribution in [3.63, 3.8) is 0 Å². The third-order valence-corrected chi connectivity index (χ3v) is 5.22. The fraction of sp³-hybridized carbons (Fsp3) is 0.208. The van der Waals surface area contributed by atoms with Crippen molar-refractivity contribution in [1.29, 1.82) is 0 Å². The van der Waals surface area contributed by atoms with Gasteiger partial charge in [-0.15, -0.1) is 0 Å². The predicted molar refractivity (Wildman–Crippen MR) is 116 cm³/mol. The highest BCUT2D eigenvalue weighted by Crippen LogP contribution is 2.23. The van der Waals surface area contributed by atoms with E-state index in [2.05, 4.69) is 15.4 Å². The molecule has 5 nitrogen and oxygen atoms in total. The van der Waals surface area contributed by atoms with Crippen LogP contribution in [0.2, 0.25) is 0 Å². The van der Waals surface area contributed by atoms with Gasteiger partial charge in [0.05, 0.1) is 5.69 Å². The first-order chi connectivity index (χ1) is 14.4. The van der Waals surface area contributed by atoms with Crippen LogP contribution in [-0.2, 0) is 11.2 Å². The van der Waals surface area contributed by atoms with Crippen molar-refractivity contribution < 1.29 is 9.18 Å². The van der Waals surface area contributed by atoms with Crippen molar-refractivity contribution in [2.24, 2.45) is 0 Å². The second-order valence-corrected chi connectivity index (χ2v) is 7.49. The van der Waals surface area contributed by atoms with Gasteiger partial charge in [0.2, 0.25) is 5.91 Å². The molecule has 0 radical (unpaired) electrons. The van der Waals surface area contributed by atoms with Crippen LogP contribution in [-0.4, -0.2) is 20.5 Å². The van der Waals surface area contributed by atoms with Gasteiger partial charge in [-0.2, -0.15) is 5.10 Å². The largest absolute Gasteiger partial charge is 0.326 e. The quantitative estimate of drug-likeness (QED) is 0.509. The molecule has 0 saturated carbocycles. The van der Waals surface area contributed by atoms with Gasteiger partial charge >= 0.3 is 0 Å². The van der Waals surface area contributed by atoms with Gasteiger partial charge in [-0.3, -0.25) is 4.79 Å². The second-order valence-electron chi connectivity index (χ2n) is 7.49. The Hall–Kier alpha value is -3.54. The van der Waals surface area contributed by atoms with E-state index in [-0.39, 0.29) is 11.7 Å². The Balaban J connectivity index is 1.55. The monoisotopic (exact) mass is 402 g/mol. The van der Waals surface area contributed by atoms with Crippen LogP contribution in [0.4, 0.5) is 10.1 Å². The van der Waals surface area contributed by atoms with Crippen LogP contribution in [0.3, 0.4) is 0 Å². The highest BCUT2D eigenvalue weighted by molar-refractivity contribution is 5.90. The molecule has 2 aromatic carbocycles. The summed E-state index contributed by atoms with van der Waals surface area (Å²) in [6, 6.07) is 15.9. The SMILES string of the molecule is Cc1ccc(NC(=O)CCc2c(C)nc3cc(-c4cccc(F)c4)nn3c2C)cc1. The normalized spacial score (nSPS) is 11.1. The molecule has 1 amide bonds. The molecule has 2 aromatic heterocycles. The summed E-state index contributed by atoms with van der Waals surface area (Å²) in [6.07, 6.45) is 0.911. The highest BCUT2D eigenvalue weighted by Gasteiger charge is 2.14. The lowest BCUT2D eigenvalue weighted by molar-refractivity contribution is -0.116. The van der Waals surface area contributed by atoms with Crippen LogP contribution >= 0.6 is 0 Å². The summed E-state index contributed by atoms with van der Waals surface area (Å²) in [6.45, 7) is 5.92. The standard InChI is InChI=1S/C24H23FN4O/c1-15-7-9-20(10-8-15)27-24(30)12-11-21-16(2)26-23-14-22(28-29(23)17(21)3)18-5-4-6-19(25)13-18/h4-10,13-14H,11-12H2,1-3H3,(H,27,30). The Morgan fingerprint density at radius 3 is 2.57 bits per heavy atom. The second kappa shape index (κ2) is 8.06. The van der Waals surface area contributed by atoms with Gasteiger partial charge in [0.15, 0.2) is 5.65 Å². The summed E-state index contributed by atoms with van der Waals surface area (Å²) in [5, 5.41) is 7.54. The molecule has 4 rings (SSSR count). The van der Waals surface area contributed by atoms with Crippen LogP contribution in [0.1, 0.15) is 28.9 Å². The van der Waals surface area contributed by atoms with Crippen molar-refractivity contribution in [1.82, 2.24) is 14.6 Å². The number of amides is 1. The number of anilines is 1. The number of aromatic nitrogens is 3. The average Bonchev–Trinajstić information content (AvgIpc) is 3.14. The molecule has 0 unspecified atom stereocenters. The van der Waals surface area contributed by atoms with E-state index in [9.17, 15) is 9.18 Å². The number of hydrogen-bond donors (Lipinski definition) is 1. The molecule has 0 atom stereocenters. The summed E-state index contributed by atoms with van der Waals surface area (Å²) < 4.78 is 15.3. The number of hydrogen-bond acceptors (Lipinski definition) is 3. The molecule has 0 saturated heterocycles. The molecule has 152 valence electrons. The number of fused-ring (bicyclic) bond motifs is 1.